The van der Waals surface area contributed by atoms with Gasteiger partial charge in [-0.2, -0.15) is 0 Å². The average Bonchev–Trinajstić information content (AvgIpc) is 2.39. The second-order valence-electron chi connectivity index (χ2n) is 4.99. The van der Waals surface area contributed by atoms with E-state index in [1.54, 1.807) is 0 Å². The highest BCUT2D eigenvalue weighted by molar-refractivity contribution is 5.62. The summed E-state index contributed by atoms with van der Waals surface area (Å²) in [5.41, 5.74) is 6.41. The molecule has 0 nitrogen and oxygen atoms in total. The Hall–Kier alpha value is -2.08. The van der Waals surface area contributed by atoms with Gasteiger partial charge >= 0.3 is 0 Å². The fourth-order valence-corrected chi connectivity index (χ4v) is 2.09. The summed E-state index contributed by atoms with van der Waals surface area (Å²) in [5, 5.41) is 0. The largest absolute Gasteiger partial charge is 0.0622 e. The van der Waals surface area contributed by atoms with Crippen LogP contribution in [0.2, 0.25) is 0 Å². The SMILES string of the molecule is CC(C=Cc1ccc(C)cc1C)=Cc1ccccc1. The molecule has 0 aliphatic rings. The minimum Gasteiger partial charge on any atom is -0.0622 e. The fraction of sp³-hybridized carbons (Fsp3) is 0.158. The zero-order valence-corrected chi connectivity index (χ0v) is 11.9. The van der Waals surface area contributed by atoms with Crippen molar-refractivity contribution in [2.24, 2.45) is 0 Å². The summed E-state index contributed by atoms with van der Waals surface area (Å²) in [7, 11) is 0. The molecule has 0 spiro atoms. The highest BCUT2D eigenvalue weighted by Gasteiger charge is 1.94. The molecule has 0 saturated carbocycles. The molecule has 2 aromatic rings. The topological polar surface area (TPSA) is 0 Å². The molecule has 96 valence electrons. The Balaban J connectivity index is 2.16. The van der Waals surface area contributed by atoms with E-state index in [0.29, 0.717) is 0 Å². The van der Waals surface area contributed by atoms with E-state index < -0.39 is 0 Å². The van der Waals surface area contributed by atoms with E-state index >= 15 is 0 Å². The van der Waals surface area contributed by atoms with E-state index in [1.807, 2.05) is 6.07 Å². The van der Waals surface area contributed by atoms with E-state index in [0.717, 1.165) is 0 Å². The lowest BCUT2D eigenvalue weighted by Crippen LogP contribution is -1.82. The first-order valence-electron chi connectivity index (χ1n) is 6.64. The Morgan fingerprint density at radius 3 is 2.37 bits per heavy atom. The van der Waals surface area contributed by atoms with Gasteiger partial charge in [0.2, 0.25) is 0 Å². The number of hydrogen-bond donors (Lipinski definition) is 0. The number of rotatable bonds is 3. The number of aryl methyl sites for hydroxylation is 2. The first-order chi connectivity index (χ1) is 9.15. The van der Waals surface area contributed by atoms with Crippen LogP contribution in [0.5, 0.6) is 0 Å². The van der Waals surface area contributed by atoms with Crippen molar-refractivity contribution in [1.82, 2.24) is 0 Å². The Kier molecular flexibility index (Phi) is 4.35. The van der Waals surface area contributed by atoms with Crippen molar-refractivity contribution >= 4 is 12.2 Å². The van der Waals surface area contributed by atoms with Gasteiger partial charge in [-0.3, -0.25) is 0 Å². The van der Waals surface area contributed by atoms with Crippen LogP contribution in [-0.4, -0.2) is 0 Å². The molecule has 0 aliphatic carbocycles. The van der Waals surface area contributed by atoms with Crippen LogP contribution >= 0.6 is 0 Å². The predicted octanol–water partition coefficient (Wildman–Crippen LogP) is 5.42. The van der Waals surface area contributed by atoms with Gasteiger partial charge in [-0.05, 0) is 37.5 Å². The third kappa shape index (κ3) is 3.96. The van der Waals surface area contributed by atoms with Crippen molar-refractivity contribution < 1.29 is 0 Å². The second kappa shape index (κ2) is 6.19. The molecule has 0 saturated heterocycles. The van der Waals surface area contributed by atoms with E-state index in [9.17, 15) is 0 Å². The van der Waals surface area contributed by atoms with Crippen molar-refractivity contribution in [3.8, 4) is 0 Å². The molecule has 0 heteroatoms. The summed E-state index contributed by atoms with van der Waals surface area (Å²) in [6, 6.07) is 17.0. The van der Waals surface area contributed by atoms with Gasteiger partial charge in [0.1, 0.15) is 0 Å². The van der Waals surface area contributed by atoms with Gasteiger partial charge in [0.05, 0.1) is 0 Å². The summed E-state index contributed by atoms with van der Waals surface area (Å²) >= 11 is 0. The lowest BCUT2D eigenvalue weighted by Gasteiger charge is -2.02. The van der Waals surface area contributed by atoms with Gasteiger partial charge in [-0.25, -0.2) is 0 Å². The molecule has 0 N–H and O–H groups in total. The van der Waals surface area contributed by atoms with E-state index in [-0.39, 0.29) is 0 Å². The van der Waals surface area contributed by atoms with Crippen molar-refractivity contribution in [2.45, 2.75) is 20.8 Å². The molecule has 2 aromatic carbocycles. The first kappa shape index (κ1) is 13.4. The fourth-order valence-electron chi connectivity index (χ4n) is 2.09. The molecule has 0 radical (unpaired) electrons. The highest BCUT2D eigenvalue weighted by Crippen LogP contribution is 2.14. The van der Waals surface area contributed by atoms with Crippen LogP contribution in [0.4, 0.5) is 0 Å². The molecule has 0 aliphatic heterocycles. The molecule has 0 unspecified atom stereocenters. The molecular formula is C19H20. The van der Waals surface area contributed by atoms with Crippen molar-refractivity contribution in [3.05, 3.63) is 82.4 Å². The van der Waals surface area contributed by atoms with Crippen LogP contribution in [0.1, 0.15) is 29.2 Å². The molecule has 0 bridgehead atoms. The monoisotopic (exact) mass is 248 g/mol. The maximum absolute atomic E-state index is 2.22. The van der Waals surface area contributed by atoms with Gasteiger partial charge in [0, 0.05) is 0 Å². The zero-order chi connectivity index (χ0) is 13.7. The minimum atomic E-state index is 1.24. The molecular weight excluding hydrogens is 228 g/mol. The van der Waals surface area contributed by atoms with E-state index in [1.165, 1.54) is 27.8 Å². The lowest BCUT2D eigenvalue weighted by atomic mass is 10.0. The van der Waals surface area contributed by atoms with Crippen LogP contribution in [0.25, 0.3) is 12.2 Å². The highest BCUT2D eigenvalue weighted by atomic mass is 14.0. The van der Waals surface area contributed by atoms with Gasteiger partial charge in [-0.15, -0.1) is 0 Å². The Bertz CT molecular complexity index is 601. The number of hydrogen-bond acceptors (Lipinski definition) is 0. The van der Waals surface area contributed by atoms with Crippen LogP contribution in [-0.2, 0) is 0 Å². The smallest absolute Gasteiger partial charge is 0.0227 e. The van der Waals surface area contributed by atoms with E-state index in [4.69, 9.17) is 0 Å². The minimum absolute atomic E-state index is 1.24. The summed E-state index contributed by atoms with van der Waals surface area (Å²) in [6.07, 6.45) is 6.55. The normalized spacial score (nSPS) is 12.1. The third-order valence-electron chi connectivity index (χ3n) is 3.14. The third-order valence-corrected chi connectivity index (χ3v) is 3.14. The Labute approximate surface area is 116 Å². The summed E-state index contributed by atoms with van der Waals surface area (Å²) in [4.78, 5) is 0. The van der Waals surface area contributed by atoms with Crippen LogP contribution in [0.3, 0.4) is 0 Å². The van der Waals surface area contributed by atoms with Crippen LogP contribution in [0.15, 0.2) is 60.2 Å². The summed E-state index contributed by atoms with van der Waals surface area (Å²) in [6.45, 7) is 6.41. The van der Waals surface area contributed by atoms with E-state index in [2.05, 4.69) is 81.5 Å². The quantitative estimate of drug-likeness (QED) is 0.636. The molecule has 0 fully saturated rings. The number of allylic oxidation sites excluding steroid dienone is 2. The van der Waals surface area contributed by atoms with Crippen molar-refractivity contribution in [3.63, 3.8) is 0 Å². The second-order valence-corrected chi connectivity index (χ2v) is 4.99. The lowest BCUT2D eigenvalue weighted by molar-refractivity contribution is 1.37. The Morgan fingerprint density at radius 1 is 0.947 bits per heavy atom. The molecule has 0 heterocycles. The Morgan fingerprint density at radius 2 is 1.68 bits per heavy atom. The van der Waals surface area contributed by atoms with Gasteiger partial charge in [0.15, 0.2) is 0 Å². The molecule has 0 atom stereocenters. The number of benzene rings is 2. The average molecular weight is 248 g/mol. The standard InChI is InChI=1S/C19H20/c1-15-9-11-19(17(3)13-15)12-10-16(2)14-18-7-5-4-6-8-18/h4-14H,1-3H3. The molecule has 19 heavy (non-hydrogen) atoms. The maximum Gasteiger partial charge on any atom is -0.0227 e. The van der Waals surface area contributed by atoms with Crippen LogP contribution in [0, 0.1) is 13.8 Å². The molecule has 0 aromatic heterocycles. The molecule has 0 amide bonds. The van der Waals surface area contributed by atoms with Gasteiger partial charge in [-0.1, -0.05) is 77.9 Å². The maximum atomic E-state index is 2.22. The summed E-state index contributed by atoms with van der Waals surface area (Å²) < 4.78 is 0. The van der Waals surface area contributed by atoms with Gasteiger partial charge < -0.3 is 0 Å². The molecule has 2 rings (SSSR count). The van der Waals surface area contributed by atoms with Crippen molar-refractivity contribution in [1.29, 1.82) is 0 Å². The predicted molar refractivity (Wildman–Crippen MR) is 85.0 cm³/mol. The summed E-state index contributed by atoms with van der Waals surface area (Å²) in [5.74, 6) is 0. The van der Waals surface area contributed by atoms with Crippen LogP contribution < -0.4 is 0 Å². The van der Waals surface area contributed by atoms with Crippen molar-refractivity contribution in [2.75, 3.05) is 0 Å². The van der Waals surface area contributed by atoms with Gasteiger partial charge in [0.25, 0.3) is 0 Å². The zero-order valence-electron chi connectivity index (χ0n) is 11.9. The first-order valence-corrected chi connectivity index (χ1v) is 6.64.